The van der Waals surface area contributed by atoms with Crippen LogP contribution in [0.4, 0.5) is 0 Å². The molecule has 1 atom stereocenters. The lowest BCUT2D eigenvalue weighted by Crippen LogP contribution is -2.40. The number of nitrogens with zero attached hydrogens (tertiary/aromatic N) is 1. The Kier molecular flexibility index (Phi) is 3.90. The Hall–Kier alpha value is -0.390. The lowest BCUT2D eigenvalue weighted by molar-refractivity contribution is 0.278. The quantitative estimate of drug-likeness (QED) is 0.840. The summed E-state index contributed by atoms with van der Waals surface area (Å²) in [5, 5.41) is -0.262. The second kappa shape index (κ2) is 5.08. The Bertz CT molecular complexity index is 484. The maximum atomic E-state index is 12.4. The topological polar surface area (TPSA) is 37.4 Å². The summed E-state index contributed by atoms with van der Waals surface area (Å²) in [6, 6.07) is 6.90. The number of piperidine rings is 1. The number of halogens is 1. The van der Waals surface area contributed by atoms with E-state index in [0.29, 0.717) is 11.4 Å². The number of hydrogen-bond acceptors (Lipinski definition) is 3. The molecule has 17 heavy (non-hydrogen) atoms. The Morgan fingerprint density at radius 1 is 1.29 bits per heavy atom. The normalized spacial score (nSPS) is 22.6. The molecular weight excluding hydrogens is 302 g/mol. The van der Waals surface area contributed by atoms with Gasteiger partial charge in [0.1, 0.15) is 0 Å². The van der Waals surface area contributed by atoms with Gasteiger partial charge in [0, 0.05) is 11.0 Å². The van der Waals surface area contributed by atoms with Gasteiger partial charge in [0.15, 0.2) is 9.84 Å². The molecule has 2 rings (SSSR count). The van der Waals surface area contributed by atoms with Crippen LogP contribution in [-0.4, -0.2) is 38.7 Å². The monoisotopic (exact) mass is 317 g/mol. The predicted molar refractivity (Wildman–Crippen MR) is 71.8 cm³/mol. The number of likely N-dealkylation sites (tertiary alicyclic amines) is 1. The zero-order valence-electron chi connectivity index (χ0n) is 9.77. The molecule has 1 heterocycles. The van der Waals surface area contributed by atoms with Gasteiger partial charge < -0.3 is 4.90 Å². The number of rotatable bonds is 2. The molecule has 0 spiro atoms. The van der Waals surface area contributed by atoms with Gasteiger partial charge in [-0.3, -0.25) is 0 Å². The van der Waals surface area contributed by atoms with Crippen molar-refractivity contribution in [2.24, 2.45) is 0 Å². The van der Waals surface area contributed by atoms with Gasteiger partial charge >= 0.3 is 0 Å². The summed E-state index contributed by atoms with van der Waals surface area (Å²) in [4.78, 5) is 2.52. The summed E-state index contributed by atoms with van der Waals surface area (Å²) in [7, 11) is -1.20. The van der Waals surface area contributed by atoms with Crippen molar-refractivity contribution >= 4 is 25.8 Å². The molecular formula is C12H16BrNO2S. The minimum Gasteiger partial charge on any atom is -0.305 e. The van der Waals surface area contributed by atoms with Crippen LogP contribution in [0.1, 0.15) is 12.8 Å². The van der Waals surface area contributed by atoms with Crippen LogP contribution in [0.2, 0.25) is 0 Å². The third-order valence-electron chi connectivity index (χ3n) is 3.16. The van der Waals surface area contributed by atoms with E-state index in [9.17, 15) is 8.42 Å². The van der Waals surface area contributed by atoms with Crippen molar-refractivity contribution in [1.29, 1.82) is 0 Å². The Labute approximate surface area is 111 Å². The van der Waals surface area contributed by atoms with Crippen molar-refractivity contribution in [3.8, 4) is 0 Å². The third-order valence-corrected chi connectivity index (χ3v) is 5.88. The summed E-state index contributed by atoms with van der Waals surface area (Å²) in [6.45, 7) is 1.63. The molecule has 1 aromatic rings. The molecule has 0 radical (unpaired) electrons. The average Bonchev–Trinajstić information content (AvgIpc) is 2.29. The van der Waals surface area contributed by atoms with E-state index in [1.165, 1.54) is 0 Å². The Morgan fingerprint density at radius 2 is 1.94 bits per heavy atom. The van der Waals surface area contributed by atoms with Crippen LogP contribution in [0.15, 0.2) is 33.6 Å². The summed E-state index contributed by atoms with van der Waals surface area (Å²) in [5.74, 6) is 0. The van der Waals surface area contributed by atoms with Crippen LogP contribution in [0, 0.1) is 0 Å². The molecule has 0 aliphatic carbocycles. The van der Waals surface area contributed by atoms with Crippen molar-refractivity contribution in [3.05, 3.63) is 28.7 Å². The smallest absolute Gasteiger partial charge is 0.182 e. The molecule has 0 bridgehead atoms. The van der Waals surface area contributed by atoms with Crippen LogP contribution in [0.5, 0.6) is 0 Å². The molecule has 1 aliphatic rings. The standard InChI is InChI=1S/C12H16BrNO2S/c1-14-8-2-3-12(9-14)17(15,16)11-6-4-10(13)5-7-11/h4-7,12H,2-3,8-9H2,1H3. The van der Waals surface area contributed by atoms with Crippen molar-refractivity contribution in [2.75, 3.05) is 20.1 Å². The second-order valence-electron chi connectivity index (χ2n) is 4.53. The third kappa shape index (κ3) is 2.89. The summed E-state index contributed by atoms with van der Waals surface area (Å²) in [6.07, 6.45) is 1.72. The number of hydrogen-bond donors (Lipinski definition) is 0. The highest BCUT2D eigenvalue weighted by molar-refractivity contribution is 9.10. The van der Waals surface area contributed by atoms with Crippen LogP contribution in [0.25, 0.3) is 0 Å². The van der Waals surface area contributed by atoms with Gasteiger partial charge in [0.25, 0.3) is 0 Å². The first kappa shape index (κ1) is 13.1. The van der Waals surface area contributed by atoms with Crippen molar-refractivity contribution < 1.29 is 8.42 Å². The average molecular weight is 318 g/mol. The van der Waals surface area contributed by atoms with E-state index in [2.05, 4.69) is 20.8 Å². The highest BCUT2D eigenvalue weighted by Crippen LogP contribution is 2.24. The molecule has 1 fully saturated rings. The highest BCUT2D eigenvalue weighted by Gasteiger charge is 2.30. The molecule has 0 amide bonds. The summed E-state index contributed by atoms with van der Waals surface area (Å²) < 4.78 is 25.7. The fourth-order valence-electron chi connectivity index (χ4n) is 2.19. The van der Waals surface area contributed by atoms with Crippen molar-refractivity contribution in [2.45, 2.75) is 23.0 Å². The Balaban J connectivity index is 2.26. The van der Waals surface area contributed by atoms with E-state index in [4.69, 9.17) is 0 Å². The molecule has 0 N–H and O–H groups in total. The van der Waals surface area contributed by atoms with E-state index in [1.54, 1.807) is 24.3 Å². The van der Waals surface area contributed by atoms with Crippen LogP contribution >= 0.6 is 15.9 Å². The number of sulfone groups is 1. The lowest BCUT2D eigenvalue weighted by atomic mass is 10.1. The first-order valence-corrected chi connectivity index (χ1v) is 8.02. The predicted octanol–water partition coefficient (Wildman–Crippen LogP) is 2.32. The van der Waals surface area contributed by atoms with Gasteiger partial charge in [-0.15, -0.1) is 0 Å². The first-order chi connectivity index (χ1) is 8.00. The lowest BCUT2D eigenvalue weighted by Gasteiger charge is -2.29. The van der Waals surface area contributed by atoms with Gasteiger partial charge in [-0.05, 0) is 50.7 Å². The fourth-order valence-corrected chi connectivity index (χ4v) is 4.28. The Morgan fingerprint density at radius 3 is 2.53 bits per heavy atom. The minimum absolute atomic E-state index is 0.262. The van der Waals surface area contributed by atoms with Crippen LogP contribution < -0.4 is 0 Å². The van der Waals surface area contributed by atoms with E-state index >= 15 is 0 Å². The molecule has 1 aliphatic heterocycles. The summed E-state index contributed by atoms with van der Waals surface area (Å²) in [5.41, 5.74) is 0. The highest BCUT2D eigenvalue weighted by atomic mass is 79.9. The molecule has 0 saturated carbocycles. The molecule has 1 unspecified atom stereocenters. The number of benzene rings is 1. The molecule has 1 saturated heterocycles. The molecule has 1 aromatic carbocycles. The van der Waals surface area contributed by atoms with Gasteiger partial charge in [-0.2, -0.15) is 0 Å². The largest absolute Gasteiger partial charge is 0.305 e. The van der Waals surface area contributed by atoms with Gasteiger partial charge in [-0.25, -0.2) is 8.42 Å². The van der Waals surface area contributed by atoms with Gasteiger partial charge in [0.2, 0.25) is 0 Å². The van der Waals surface area contributed by atoms with Crippen molar-refractivity contribution in [1.82, 2.24) is 4.90 Å². The summed E-state index contributed by atoms with van der Waals surface area (Å²) >= 11 is 3.31. The first-order valence-electron chi connectivity index (χ1n) is 5.68. The van der Waals surface area contributed by atoms with E-state index in [0.717, 1.165) is 23.9 Å². The molecule has 0 aromatic heterocycles. The van der Waals surface area contributed by atoms with Crippen LogP contribution in [-0.2, 0) is 9.84 Å². The van der Waals surface area contributed by atoms with Gasteiger partial charge in [0.05, 0.1) is 10.1 Å². The maximum Gasteiger partial charge on any atom is 0.182 e. The second-order valence-corrected chi connectivity index (χ2v) is 7.67. The van der Waals surface area contributed by atoms with Crippen LogP contribution in [0.3, 0.4) is 0 Å². The zero-order chi connectivity index (χ0) is 12.5. The fraction of sp³-hybridized carbons (Fsp3) is 0.500. The van der Waals surface area contributed by atoms with E-state index < -0.39 is 9.84 Å². The SMILES string of the molecule is CN1CCCC(S(=O)(=O)c2ccc(Br)cc2)C1. The van der Waals surface area contributed by atoms with Gasteiger partial charge in [-0.1, -0.05) is 15.9 Å². The molecule has 3 nitrogen and oxygen atoms in total. The minimum atomic E-state index is -3.17. The van der Waals surface area contributed by atoms with E-state index in [1.807, 2.05) is 7.05 Å². The molecule has 94 valence electrons. The molecule has 5 heteroatoms. The maximum absolute atomic E-state index is 12.4. The van der Waals surface area contributed by atoms with Crippen molar-refractivity contribution in [3.63, 3.8) is 0 Å². The zero-order valence-corrected chi connectivity index (χ0v) is 12.2. The van der Waals surface area contributed by atoms with E-state index in [-0.39, 0.29) is 5.25 Å².